The number of hydrogen-bond donors (Lipinski definition) is 1. The van der Waals surface area contributed by atoms with Crippen molar-refractivity contribution < 1.29 is 14.6 Å². The van der Waals surface area contributed by atoms with Crippen molar-refractivity contribution in [2.75, 3.05) is 44.8 Å². The summed E-state index contributed by atoms with van der Waals surface area (Å²) in [5.74, 6) is 2.89. The fraction of sp³-hybridized carbons (Fsp3) is 0.594. The second kappa shape index (κ2) is 16.2. The van der Waals surface area contributed by atoms with Gasteiger partial charge >= 0.3 is 0 Å². The molecule has 1 unspecified atom stereocenters. The largest absolute Gasteiger partial charge is 0.493 e. The van der Waals surface area contributed by atoms with Crippen LogP contribution in [0.4, 0.5) is 5.95 Å². The van der Waals surface area contributed by atoms with Crippen molar-refractivity contribution >= 4 is 17.4 Å². The van der Waals surface area contributed by atoms with Gasteiger partial charge in [-0.3, -0.25) is 4.79 Å². The smallest absolute Gasteiger partial charge is 0.226 e. The quantitative estimate of drug-likeness (QED) is 0.484. The summed E-state index contributed by atoms with van der Waals surface area (Å²) in [6.45, 7) is 10.7. The molecule has 5 rings (SSSR count). The summed E-state index contributed by atoms with van der Waals surface area (Å²) < 4.78 is 6.15. The maximum Gasteiger partial charge on any atom is 0.226 e. The maximum atomic E-state index is 12.7. The minimum atomic E-state index is 0.174. The lowest BCUT2D eigenvalue weighted by Gasteiger charge is -2.31. The molecule has 1 N–H and O–H groups in total. The zero-order valence-corrected chi connectivity index (χ0v) is 24.4. The second-order valence-corrected chi connectivity index (χ2v) is 10.2. The molecule has 2 saturated heterocycles. The number of piperidine rings is 1. The van der Waals surface area contributed by atoms with E-state index in [2.05, 4.69) is 57.0 Å². The molecule has 7 nitrogen and oxygen atoms in total. The van der Waals surface area contributed by atoms with E-state index in [9.17, 15) is 4.79 Å². The van der Waals surface area contributed by atoms with Gasteiger partial charge in [-0.05, 0) is 86.1 Å². The van der Waals surface area contributed by atoms with Gasteiger partial charge in [-0.2, -0.15) is 0 Å². The number of rotatable bonds is 7. The summed E-state index contributed by atoms with van der Waals surface area (Å²) in [6.07, 6.45) is 14.5. The van der Waals surface area contributed by atoms with Crippen LogP contribution in [0.15, 0.2) is 42.7 Å². The molecule has 3 aliphatic rings. The number of carbonyl (C=O) groups excluding carboxylic acids is 1. The van der Waals surface area contributed by atoms with Gasteiger partial charge in [0.15, 0.2) is 0 Å². The van der Waals surface area contributed by atoms with Gasteiger partial charge in [0.1, 0.15) is 5.75 Å². The molecule has 1 amide bonds. The Morgan fingerprint density at radius 3 is 2.18 bits per heavy atom. The molecule has 2 fully saturated rings. The number of anilines is 1. The number of aryl methyl sites for hydroxylation is 1. The molecule has 1 aromatic carbocycles. The van der Waals surface area contributed by atoms with E-state index in [1.165, 1.54) is 16.7 Å². The van der Waals surface area contributed by atoms with E-state index in [-0.39, 0.29) is 5.92 Å². The highest BCUT2D eigenvalue weighted by molar-refractivity contribution is 5.81. The maximum absolute atomic E-state index is 12.7. The Morgan fingerprint density at radius 2 is 1.62 bits per heavy atom. The van der Waals surface area contributed by atoms with Gasteiger partial charge in [0.05, 0.1) is 6.61 Å². The Bertz CT molecular complexity index is 1010. The topological polar surface area (TPSA) is 78.8 Å². The van der Waals surface area contributed by atoms with E-state index in [4.69, 9.17) is 9.84 Å². The molecule has 214 valence electrons. The molecule has 0 radical (unpaired) electrons. The zero-order valence-electron chi connectivity index (χ0n) is 24.4. The summed E-state index contributed by atoms with van der Waals surface area (Å²) in [6, 6.07) is 8.53. The Kier molecular flexibility index (Phi) is 12.7. The number of aliphatic hydroxyl groups excluding tert-OH is 1. The van der Waals surface area contributed by atoms with Crippen molar-refractivity contribution in [2.45, 2.75) is 72.1 Å². The van der Waals surface area contributed by atoms with Gasteiger partial charge in [-0.15, -0.1) is 0 Å². The second-order valence-electron chi connectivity index (χ2n) is 10.2. The van der Waals surface area contributed by atoms with Crippen LogP contribution in [-0.2, 0) is 11.2 Å². The third kappa shape index (κ3) is 8.53. The number of benzene rings is 1. The first kappa shape index (κ1) is 30.6. The molecule has 3 heterocycles. The fourth-order valence-electron chi connectivity index (χ4n) is 5.49. The molecular formula is C32H48N4O3. The van der Waals surface area contributed by atoms with Gasteiger partial charge in [0.2, 0.25) is 11.9 Å². The van der Waals surface area contributed by atoms with Gasteiger partial charge in [-0.25, -0.2) is 9.97 Å². The number of ether oxygens (including phenoxy) is 1. The number of hydrogen-bond acceptors (Lipinski definition) is 6. The van der Waals surface area contributed by atoms with Crippen LogP contribution in [0, 0.1) is 11.8 Å². The first-order valence-electron chi connectivity index (χ1n) is 14.9. The molecule has 39 heavy (non-hydrogen) atoms. The lowest BCUT2D eigenvalue weighted by atomic mass is 9.86. The highest BCUT2D eigenvalue weighted by atomic mass is 16.5. The number of aromatic nitrogens is 2. The minimum Gasteiger partial charge on any atom is -0.493 e. The Balaban J connectivity index is 0.00000100. The molecule has 1 aromatic heterocycles. The van der Waals surface area contributed by atoms with Gasteiger partial charge < -0.3 is 19.6 Å². The van der Waals surface area contributed by atoms with E-state index >= 15 is 0 Å². The van der Waals surface area contributed by atoms with Crippen molar-refractivity contribution in [3.63, 3.8) is 0 Å². The minimum absolute atomic E-state index is 0.174. The number of likely N-dealkylation sites (tertiary alicyclic amines) is 1. The lowest BCUT2D eigenvalue weighted by molar-refractivity contribution is -0.134. The molecule has 0 saturated carbocycles. The third-order valence-electron chi connectivity index (χ3n) is 7.89. The van der Waals surface area contributed by atoms with Crippen LogP contribution in [0.5, 0.6) is 5.75 Å². The van der Waals surface area contributed by atoms with Crippen LogP contribution in [0.3, 0.4) is 0 Å². The number of aliphatic hydroxyl groups is 1. The van der Waals surface area contributed by atoms with Gasteiger partial charge in [0.25, 0.3) is 0 Å². The average Bonchev–Trinajstić information content (AvgIpc) is 3.58. The predicted octanol–water partition coefficient (Wildman–Crippen LogP) is 5.78. The zero-order chi connectivity index (χ0) is 28.0. The van der Waals surface area contributed by atoms with Crippen molar-refractivity contribution in [1.29, 1.82) is 0 Å². The van der Waals surface area contributed by atoms with Crippen LogP contribution in [0.1, 0.15) is 76.8 Å². The van der Waals surface area contributed by atoms with E-state index in [0.717, 1.165) is 103 Å². The summed E-state index contributed by atoms with van der Waals surface area (Å²) in [5.41, 5.74) is 3.80. The molecule has 2 aliphatic heterocycles. The molecule has 1 aliphatic carbocycles. The highest BCUT2D eigenvalue weighted by Crippen LogP contribution is 2.33. The van der Waals surface area contributed by atoms with Crippen molar-refractivity contribution in [3.05, 3.63) is 53.9 Å². The third-order valence-corrected chi connectivity index (χ3v) is 7.89. The van der Waals surface area contributed by atoms with E-state index in [1.807, 2.05) is 26.2 Å². The van der Waals surface area contributed by atoms with E-state index in [0.29, 0.717) is 11.8 Å². The van der Waals surface area contributed by atoms with Crippen LogP contribution in [0.25, 0.3) is 5.57 Å². The normalized spacial score (nSPS) is 19.3. The predicted molar refractivity (Wildman–Crippen MR) is 159 cm³/mol. The SMILES string of the molecule is CC.CCc1cnc(N2CCC(COc3ccc(C4=CCC(C(=O)N5CCCC5)CC4)cc3)CC2)nc1.CO. The average molecular weight is 537 g/mol. The summed E-state index contributed by atoms with van der Waals surface area (Å²) in [7, 11) is 1.00. The summed E-state index contributed by atoms with van der Waals surface area (Å²) >= 11 is 0. The lowest BCUT2D eigenvalue weighted by Crippen LogP contribution is -2.36. The summed E-state index contributed by atoms with van der Waals surface area (Å²) in [5, 5.41) is 7.00. The Morgan fingerprint density at radius 1 is 0.974 bits per heavy atom. The first-order chi connectivity index (χ1) is 19.2. The van der Waals surface area contributed by atoms with Gasteiger partial charge in [0, 0.05) is 51.6 Å². The molecular weight excluding hydrogens is 488 g/mol. The number of carbonyl (C=O) groups is 1. The molecule has 0 bridgehead atoms. The van der Waals surface area contributed by atoms with Gasteiger partial charge in [-0.1, -0.05) is 39.0 Å². The number of nitrogens with zero attached hydrogens (tertiary/aromatic N) is 4. The molecule has 1 atom stereocenters. The highest BCUT2D eigenvalue weighted by Gasteiger charge is 2.28. The van der Waals surface area contributed by atoms with E-state index in [1.54, 1.807) is 0 Å². The first-order valence-corrected chi connectivity index (χ1v) is 14.9. The fourth-order valence-corrected chi connectivity index (χ4v) is 5.49. The van der Waals surface area contributed by atoms with Crippen LogP contribution >= 0.6 is 0 Å². The number of amides is 1. The monoisotopic (exact) mass is 536 g/mol. The summed E-state index contributed by atoms with van der Waals surface area (Å²) in [4.78, 5) is 26.1. The van der Waals surface area contributed by atoms with E-state index < -0.39 is 0 Å². The van der Waals surface area contributed by atoms with Crippen molar-refractivity contribution in [2.24, 2.45) is 11.8 Å². The van der Waals surface area contributed by atoms with Crippen LogP contribution < -0.4 is 9.64 Å². The van der Waals surface area contributed by atoms with Crippen LogP contribution in [-0.4, -0.2) is 65.8 Å². The Hall–Kier alpha value is -2.93. The Labute approximate surface area is 235 Å². The number of allylic oxidation sites excluding steroid dienone is 2. The molecule has 2 aromatic rings. The van der Waals surface area contributed by atoms with Crippen LogP contribution in [0.2, 0.25) is 0 Å². The molecule has 7 heteroatoms. The van der Waals surface area contributed by atoms with Crippen molar-refractivity contribution in [1.82, 2.24) is 14.9 Å². The standard InChI is InChI=1S/C29H38N4O2.C2H6.CH4O/c1-2-22-19-30-29(31-20-22)33-17-13-23(14-18-33)21-35-27-11-9-25(10-12-27)24-5-7-26(8-6-24)28(34)32-15-3-4-16-32;2*1-2/h5,9-12,19-20,23,26H,2-4,6-8,13-18,21H2,1H3;1-2H3;2H,1H3. The van der Waals surface area contributed by atoms with Crippen molar-refractivity contribution in [3.8, 4) is 5.75 Å². The molecule has 0 spiro atoms.